The molecule has 1 saturated heterocycles. The molecule has 20 heavy (non-hydrogen) atoms. The lowest BCUT2D eigenvalue weighted by atomic mass is 9.97. The summed E-state index contributed by atoms with van der Waals surface area (Å²) in [6.45, 7) is 7.92. The van der Waals surface area contributed by atoms with E-state index in [1.165, 1.54) is 18.9 Å². The Balaban J connectivity index is 2.07. The van der Waals surface area contributed by atoms with E-state index in [1.54, 1.807) is 12.1 Å². The van der Waals surface area contributed by atoms with Crippen molar-refractivity contribution >= 4 is 0 Å². The Morgan fingerprint density at radius 1 is 1.40 bits per heavy atom. The first kappa shape index (κ1) is 15.4. The second kappa shape index (κ2) is 7.14. The zero-order valence-corrected chi connectivity index (χ0v) is 12.3. The Labute approximate surface area is 120 Å². The maximum atomic E-state index is 13.9. The lowest BCUT2D eigenvalue weighted by molar-refractivity contribution is 0.168. The van der Waals surface area contributed by atoms with Crippen molar-refractivity contribution in [3.05, 3.63) is 35.4 Å². The highest BCUT2D eigenvalue weighted by atomic mass is 19.2. The first-order valence-corrected chi connectivity index (χ1v) is 7.52. The topological polar surface area (TPSA) is 15.3 Å². The quantitative estimate of drug-likeness (QED) is 0.891. The third-order valence-corrected chi connectivity index (χ3v) is 4.28. The molecule has 1 heterocycles. The van der Waals surface area contributed by atoms with Gasteiger partial charge in [0, 0.05) is 18.2 Å². The van der Waals surface area contributed by atoms with Crippen LogP contribution in [-0.4, -0.2) is 31.1 Å². The van der Waals surface area contributed by atoms with Crippen molar-refractivity contribution in [3.63, 3.8) is 0 Å². The highest BCUT2D eigenvalue weighted by molar-refractivity contribution is 5.22. The third kappa shape index (κ3) is 3.55. The number of halogens is 2. The van der Waals surface area contributed by atoms with Gasteiger partial charge in [-0.2, -0.15) is 0 Å². The smallest absolute Gasteiger partial charge is 0.163 e. The van der Waals surface area contributed by atoms with Gasteiger partial charge in [-0.25, -0.2) is 8.78 Å². The summed E-state index contributed by atoms with van der Waals surface area (Å²) in [6.07, 6.45) is 2.41. The lowest BCUT2D eigenvalue weighted by Crippen LogP contribution is -2.39. The predicted molar refractivity (Wildman–Crippen MR) is 77.6 cm³/mol. The van der Waals surface area contributed by atoms with Crippen molar-refractivity contribution in [2.45, 2.75) is 32.7 Å². The van der Waals surface area contributed by atoms with Crippen LogP contribution in [0.4, 0.5) is 8.78 Å². The first-order valence-electron chi connectivity index (χ1n) is 7.52. The molecule has 0 aromatic heterocycles. The lowest BCUT2D eigenvalue weighted by Gasteiger charge is -2.33. The van der Waals surface area contributed by atoms with E-state index < -0.39 is 11.6 Å². The van der Waals surface area contributed by atoms with E-state index in [1.807, 2.05) is 6.92 Å². The Kier molecular flexibility index (Phi) is 5.49. The summed E-state index contributed by atoms with van der Waals surface area (Å²) in [7, 11) is 0. The molecule has 1 aromatic carbocycles. The minimum atomic E-state index is -0.760. The average molecular weight is 282 g/mol. The van der Waals surface area contributed by atoms with Crippen molar-refractivity contribution in [2.75, 3.05) is 26.2 Å². The maximum absolute atomic E-state index is 13.9. The average Bonchev–Trinajstić information content (AvgIpc) is 2.48. The summed E-state index contributed by atoms with van der Waals surface area (Å²) in [5, 5.41) is 3.40. The van der Waals surface area contributed by atoms with E-state index in [2.05, 4.69) is 17.1 Å². The summed E-state index contributed by atoms with van der Waals surface area (Å²) in [4.78, 5) is 2.23. The van der Waals surface area contributed by atoms with E-state index >= 15 is 0 Å². The van der Waals surface area contributed by atoms with Gasteiger partial charge < -0.3 is 5.32 Å². The molecular formula is C16H24F2N2. The number of benzene rings is 1. The van der Waals surface area contributed by atoms with Crippen molar-refractivity contribution in [3.8, 4) is 0 Å². The standard InChI is InChI=1S/C16H24F2N2/c1-3-20(11-13-6-5-9-19-10-13)12(2)14-7-4-8-15(17)16(14)18/h4,7-8,12-13,19H,3,5-6,9-11H2,1-2H3. The Hall–Kier alpha value is -1.00. The molecule has 112 valence electrons. The van der Waals surface area contributed by atoms with Gasteiger partial charge in [-0.15, -0.1) is 0 Å². The van der Waals surface area contributed by atoms with Gasteiger partial charge >= 0.3 is 0 Å². The van der Waals surface area contributed by atoms with Crippen LogP contribution in [0, 0.1) is 17.6 Å². The molecule has 4 heteroatoms. The normalized spacial score (nSPS) is 21.1. The van der Waals surface area contributed by atoms with E-state index in [0.29, 0.717) is 11.5 Å². The van der Waals surface area contributed by atoms with Crippen LogP contribution in [0.15, 0.2) is 18.2 Å². The first-order chi connectivity index (χ1) is 9.63. The van der Waals surface area contributed by atoms with Crippen LogP contribution >= 0.6 is 0 Å². The Morgan fingerprint density at radius 2 is 2.20 bits per heavy atom. The molecule has 0 aliphatic carbocycles. The van der Waals surface area contributed by atoms with Crippen LogP contribution in [0.25, 0.3) is 0 Å². The SMILES string of the molecule is CCN(CC1CCCNC1)C(C)c1cccc(F)c1F. The molecule has 2 unspecified atom stereocenters. The van der Waals surface area contributed by atoms with E-state index in [4.69, 9.17) is 0 Å². The second-order valence-corrected chi connectivity index (χ2v) is 5.62. The van der Waals surface area contributed by atoms with Gasteiger partial charge in [-0.05, 0) is 51.4 Å². The number of hydrogen-bond acceptors (Lipinski definition) is 2. The third-order valence-electron chi connectivity index (χ3n) is 4.28. The molecule has 1 aromatic rings. The molecule has 2 atom stereocenters. The van der Waals surface area contributed by atoms with Crippen LogP contribution in [0.3, 0.4) is 0 Å². The fourth-order valence-corrected chi connectivity index (χ4v) is 3.01. The zero-order chi connectivity index (χ0) is 14.5. The molecule has 0 spiro atoms. The van der Waals surface area contributed by atoms with Crippen LogP contribution in [-0.2, 0) is 0 Å². The largest absolute Gasteiger partial charge is 0.316 e. The summed E-state index contributed by atoms with van der Waals surface area (Å²) in [6, 6.07) is 4.34. The molecular weight excluding hydrogens is 258 g/mol. The number of nitrogens with one attached hydrogen (secondary N) is 1. The van der Waals surface area contributed by atoms with Crippen LogP contribution in [0.1, 0.15) is 38.3 Å². The minimum Gasteiger partial charge on any atom is -0.316 e. The molecule has 2 nitrogen and oxygen atoms in total. The van der Waals surface area contributed by atoms with E-state index in [0.717, 1.165) is 26.2 Å². The van der Waals surface area contributed by atoms with E-state index in [9.17, 15) is 8.78 Å². The van der Waals surface area contributed by atoms with Crippen molar-refractivity contribution in [1.29, 1.82) is 0 Å². The summed E-state index contributed by atoms with van der Waals surface area (Å²) in [5.74, 6) is -0.868. The molecule has 2 rings (SSSR count). The van der Waals surface area contributed by atoms with E-state index in [-0.39, 0.29) is 6.04 Å². The summed E-state index contributed by atoms with van der Waals surface area (Å²) < 4.78 is 27.3. The van der Waals surface area contributed by atoms with Crippen molar-refractivity contribution < 1.29 is 8.78 Å². The van der Waals surface area contributed by atoms with Gasteiger partial charge in [0.1, 0.15) is 0 Å². The van der Waals surface area contributed by atoms with Crippen LogP contribution in [0.5, 0.6) is 0 Å². The molecule has 1 aliphatic heterocycles. The van der Waals surface area contributed by atoms with Crippen molar-refractivity contribution in [1.82, 2.24) is 10.2 Å². The highest BCUT2D eigenvalue weighted by Crippen LogP contribution is 2.26. The van der Waals surface area contributed by atoms with Gasteiger partial charge in [-0.3, -0.25) is 4.90 Å². The zero-order valence-electron chi connectivity index (χ0n) is 12.3. The van der Waals surface area contributed by atoms with Gasteiger partial charge in [0.15, 0.2) is 11.6 Å². The molecule has 1 fully saturated rings. The molecule has 1 aliphatic rings. The predicted octanol–water partition coefficient (Wildman–Crippen LogP) is 3.35. The van der Waals surface area contributed by atoms with Gasteiger partial charge in [0.2, 0.25) is 0 Å². The van der Waals surface area contributed by atoms with Crippen LogP contribution < -0.4 is 5.32 Å². The number of nitrogens with zero attached hydrogens (tertiary/aromatic N) is 1. The number of piperidine rings is 1. The second-order valence-electron chi connectivity index (χ2n) is 5.62. The fraction of sp³-hybridized carbons (Fsp3) is 0.625. The maximum Gasteiger partial charge on any atom is 0.163 e. The molecule has 0 amide bonds. The van der Waals surface area contributed by atoms with Crippen LogP contribution in [0.2, 0.25) is 0 Å². The fourth-order valence-electron chi connectivity index (χ4n) is 3.01. The number of hydrogen-bond donors (Lipinski definition) is 1. The highest BCUT2D eigenvalue weighted by Gasteiger charge is 2.23. The Bertz CT molecular complexity index is 430. The van der Waals surface area contributed by atoms with Gasteiger partial charge in [-0.1, -0.05) is 19.1 Å². The molecule has 0 bridgehead atoms. The molecule has 0 radical (unpaired) electrons. The number of rotatable bonds is 5. The van der Waals surface area contributed by atoms with Gasteiger partial charge in [0.25, 0.3) is 0 Å². The van der Waals surface area contributed by atoms with Gasteiger partial charge in [0.05, 0.1) is 0 Å². The molecule has 0 saturated carbocycles. The summed E-state index contributed by atoms with van der Waals surface area (Å²) >= 11 is 0. The summed E-state index contributed by atoms with van der Waals surface area (Å²) in [5.41, 5.74) is 0.454. The minimum absolute atomic E-state index is 0.0994. The Morgan fingerprint density at radius 3 is 2.85 bits per heavy atom. The monoisotopic (exact) mass is 282 g/mol. The van der Waals surface area contributed by atoms with Crippen molar-refractivity contribution in [2.24, 2.45) is 5.92 Å². The molecule has 1 N–H and O–H groups in total.